The van der Waals surface area contributed by atoms with Gasteiger partial charge in [-0.15, -0.1) is 0 Å². The first-order valence-corrected chi connectivity index (χ1v) is 11.2. The smallest absolute Gasteiger partial charge is 0.229 e. The van der Waals surface area contributed by atoms with E-state index in [1.165, 1.54) is 51.5 Å². The minimum absolute atomic E-state index is 0.918. The Labute approximate surface area is 165 Å². The minimum Gasteiger partial charge on any atom is -0.370 e. The van der Waals surface area contributed by atoms with Crippen LogP contribution in [0.1, 0.15) is 58.8 Å². The zero-order valence-electron chi connectivity index (χ0n) is 17.4. The van der Waals surface area contributed by atoms with Gasteiger partial charge in [-0.1, -0.05) is 20.3 Å². The number of unbranched alkanes of at least 4 members (excludes halogenated alkanes) is 2. The van der Waals surface area contributed by atoms with Crippen molar-refractivity contribution in [3.8, 4) is 0 Å². The average Bonchev–Trinajstić information content (AvgIpc) is 3.41. The molecule has 0 aliphatic carbocycles. The maximum Gasteiger partial charge on any atom is 0.229 e. The molecule has 1 aromatic heterocycles. The zero-order chi connectivity index (χ0) is 18.9. The first-order chi connectivity index (χ1) is 13.3. The lowest BCUT2D eigenvalue weighted by Gasteiger charge is -2.22. The van der Waals surface area contributed by atoms with E-state index in [9.17, 15) is 0 Å². The first-order valence-electron chi connectivity index (χ1n) is 11.2. The van der Waals surface area contributed by atoms with Crippen LogP contribution in [0.2, 0.25) is 0 Å². The quantitative estimate of drug-likeness (QED) is 0.597. The largest absolute Gasteiger partial charge is 0.370 e. The average molecular weight is 375 g/mol. The monoisotopic (exact) mass is 374 g/mol. The molecule has 0 unspecified atom stereocenters. The molecular weight excluding hydrogens is 336 g/mol. The molecule has 152 valence electrons. The Kier molecular flexibility index (Phi) is 7.99. The molecule has 0 amide bonds. The second-order valence-corrected chi connectivity index (χ2v) is 7.81. The van der Waals surface area contributed by atoms with Gasteiger partial charge in [0, 0.05) is 38.8 Å². The molecule has 2 aliphatic rings. The molecule has 1 N–H and O–H groups in total. The molecule has 27 heavy (non-hydrogen) atoms. The SMILES string of the molecule is CCN(CC)CCCCCNc1cc(N2CCCC2)nc(N2CCCC2)n1. The third-order valence-electron chi connectivity index (χ3n) is 5.87. The normalized spacial score (nSPS) is 17.3. The number of nitrogens with zero attached hydrogens (tertiary/aromatic N) is 5. The van der Waals surface area contributed by atoms with Gasteiger partial charge in [-0.2, -0.15) is 9.97 Å². The second-order valence-electron chi connectivity index (χ2n) is 7.81. The lowest BCUT2D eigenvalue weighted by atomic mass is 10.2. The molecule has 6 heteroatoms. The number of aromatic nitrogens is 2. The first kappa shape index (κ1) is 20.2. The van der Waals surface area contributed by atoms with E-state index in [-0.39, 0.29) is 0 Å². The van der Waals surface area contributed by atoms with Crippen molar-refractivity contribution in [2.75, 3.05) is 67.5 Å². The third-order valence-corrected chi connectivity index (χ3v) is 5.87. The molecular formula is C21H38N6. The maximum atomic E-state index is 4.89. The molecule has 3 heterocycles. The number of anilines is 3. The highest BCUT2D eigenvalue weighted by atomic mass is 15.3. The van der Waals surface area contributed by atoms with Crippen molar-refractivity contribution < 1.29 is 0 Å². The number of rotatable bonds is 11. The molecule has 0 saturated carbocycles. The molecule has 2 aliphatic heterocycles. The number of hydrogen-bond acceptors (Lipinski definition) is 6. The Morgan fingerprint density at radius 2 is 1.56 bits per heavy atom. The van der Waals surface area contributed by atoms with Gasteiger partial charge in [0.25, 0.3) is 0 Å². The van der Waals surface area contributed by atoms with Gasteiger partial charge in [-0.25, -0.2) is 0 Å². The van der Waals surface area contributed by atoms with Crippen molar-refractivity contribution in [2.45, 2.75) is 58.8 Å². The predicted octanol–water partition coefficient (Wildman–Crippen LogP) is 3.60. The van der Waals surface area contributed by atoms with E-state index in [1.807, 2.05) is 0 Å². The fourth-order valence-corrected chi connectivity index (χ4v) is 4.07. The standard InChI is InChI=1S/C21H38N6/c1-3-25(4-2)13-7-5-6-12-22-19-18-20(26-14-8-9-15-26)24-21(23-19)27-16-10-11-17-27/h18H,3-17H2,1-2H3,(H,22,23,24). The summed E-state index contributed by atoms with van der Waals surface area (Å²) in [6.45, 7) is 13.5. The summed E-state index contributed by atoms with van der Waals surface area (Å²) >= 11 is 0. The van der Waals surface area contributed by atoms with Gasteiger partial charge in [-0.05, 0) is 58.2 Å². The molecule has 3 rings (SSSR count). The van der Waals surface area contributed by atoms with E-state index in [0.717, 1.165) is 63.4 Å². The fraction of sp³-hybridized carbons (Fsp3) is 0.810. The highest BCUT2D eigenvalue weighted by molar-refractivity contribution is 5.55. The molecule has 1 aromatic rings. The molecule has 0 spiro atoms. The summed E-state index contributed by atoms with van der Waals surface area (Å²) in [5.74, 6) is 3.02. The van der Waals surface area contributed by atoms with E-state index >= 15 is 0 Å². The van der Waals surface area contributed by atoms with Gasteiger partial charge in [0.05, 0.1) is 0 Å². The minimum atomic E-state index is 0.918. The van der Waals surface area contributed by atoms with Crippen LogP contribution in [0.25, 0.3) is 0 Å². The van der Waals surface area contributed by atoms with Crippen LogP contribution >= 0.6 is 0 Å². The van der Waals surface area contributed by atoms with Crippen molar-refractivity contribution in [1.82, 2.24) is 14.9 Å². The van der Waals surface area contributed by atoms with E-state index in [4.69, 9.17) is 9.97 Å². The summed E-state index contributed by atoms with van der Waals surface area (Å²) in [5, 5.41) is 3.57. The molecule has 6 nitrogen and oxygen atoms in total. The van der Waals surface area contributed by atoms with Crippen molar-refractivity contribution >= 4 is 17.6 Å². The summed E-state index contributed by atoms with van der Waals surface area (Å²) in [5.41, 5.74) is 0. The fourth-order valence-electron chi connectivity index (χ4n) is 4.07. The molecule has 2 fully saturated rings. The summed E-state index contributed by atoms with van der Waals surface area (Å²) in [6, 6.07) is 2.15. The topological polar surface area (TPSA) is 47.5 Å². The van der Waals surface area contributed by atoms with Crippen molar-refractivity contribution in [3.05, 3.63) is 6.07 Å². The second kappa shape index (κ2) is 10.7. The summed E-state index contributed by atoms with van der Waals surface area (Å²) in [7, 11) is 0. The molecule has 0 aromatic carbocycles. The molecule has 2 saturated heterocycles. The van der Waals surface area contributed by atoms with Crippen molar-refractivity contribution in [2.24, 2.45) is 0 Å². The van der Waals surface area contributed by atoms with Crippen LogP contribution in [-0.2, 0) is 0 Å². The van der Waals surface area contributed by atoms with Gasteiger partial charge in [-0.3, -0.25) is 0 Å². The predicted molar refractivity (Wildman–Crippen MR) is 115 cm³/mol. The zero-order valence-corrected chi connectivity index (χ0v) is 17.4. The van der Waals surface area contributed by atoms with E-state index in [0.29, 0.717) is 0 Å². The van der Waals surface area contributed by atoms with Gasteiger partial charge in [0.2, 0.25) is 5.95 Å². The Morgan fingerprint density at radius 1 is 0.889 bits per heavy atom. The van der Waals surface area contributed by atoms with E-state index < -0.39 is 0 Å². The highest BCUT2D eigenvalue weighted by Crippen LogP contribution is 2.25. The molecule has 0 atom stereocenters. The maximum absolute atomic E-state index is 4.89. The number of hydrogen-bond donors (Lipinski definition) is 1. The Bertz CT molecular complexity index is 513. The van der Waals surface area contributed by atoms with Gasteiger partial charge < -0.3 is 20.0 Å². The lowest BCUT2D eigenvalue weighted by Crippen LogP contribution is -2.25. The van der Waals surface area contributed by atoms with Crippen LogP contribution in [-0.4, -0.2) is 67.2 Å². The summed E-state index contributed by atoms with van der Waals surface area (Å²) < 4.78 is 0. The third kappa shape index (κ3) is 5.96. The van der Waals surface area contributed by atoms with E-state index in [2.05, 4.69) is 39.9 Å². The lowest BCUT2D eigenvalue weighted by molar-refractivity contribution is 0.296. The van der Waals surface area contributed by atoms with Gasteiger partial charge in [0.15, 0.2) is 0 Å². The van der Waals surface area contributed by atoms with Gasteiger partial charge >= 0.3 is 0 Å². The van der Waals surface area contributed by atoms with Crippen LogP contribution in [0.15, 0.2) is 6.07 Å². The van der Waals surface area contributed by atoms with Crippen molar-refractivity contribution in [1.29, 1.82) is 0 Å². The van der Waals surface area contributed by atoms with Crippen LogP contribution < -0.4 is 15.1 Å². The van der Waals surface area contributed by atoms with Crippen LogP contribution in [0.5, 0.6) is 0 Å². The summed E-state index contributed by atoms with van der Waals surface area (Å²) in [6.07, 6.45) is 8.82. The highest BCUT2D eigenvalue weighted by Gasteiger charge is 2.20. The Hall–Kier alpha value is -1.56. The number of nitrogens with one attached hydrogen (secondary N) is 1. The molecule has 0 radical (unpaired) electrons. The van der Waals surface area contributed by atoms with Crippen molar-refractivity contribution in [3.63, 3.8) is 0 Å². The Morgan fingerprint density at radius 3 is 2.22 bits per heavy atom. The van der Waals surface area contributed by atoms with Crippen LogP contribution in [0.3, 0.4) is 0 Å². The van der Waals surface area contributed by atoms with Crippen LogP contribution in [0, 0.1) is 0 Å². The summed E-state index contributed by atoms with van der Waals surface area (Å²) in [4.78, 5) is 17.0. The van der Waals surface area contributed by atoms with E-state index in [1.54, 1.807) is 0 Å². The Balaban J connectivity index is 1.52. The van der Waals surface area contributed by atoms with Gasteiger partial charge in [0.1, 0.15) is 11.6 Å². The molecule has 0 bridgehead atoms. The van der Waals surface area contributed by atoms with Crippen LogP contribution in [0.4, 0.5) is 17.6 Å².